The van der Waals surface area contributed by atoms with Crippen LogP contribution in [0.25, 0.3) is 0 Å². The van der Waals surface area contributed by atoms with Crippen LogP contribution < -0.4 is 15.5 Å². The SMILES string of the molecule is COc1ccc(C[C@]2(C(=O)O)CC[C@@H](NOCc3ccccc3)CN2)cc1. The Morgan fingerprint density at radius 1 is 1.19 bits per heavy atom. The van der Waals surface area contributed by atoms with Crippen molar-refractivity contribution in [1.29, 1.82) is 0 Å². The lowest BCUT2D eigenvalue weighted by Gasteiger charge is -2.38. The summed E-state index contributed by atoms with van der Waals surface area (Å²) in [5, 5.41) is 13.1. The Hall–Kier alpha value is -2.41. The van der Waals surface area contributed by atoms with Gasteiger partial charge in [-0.2, -0.15) is 5.48 Å². The van der Waals surface area contributed by atoms with Crippen molar-refractivity contribution in [2.75, 3.05) is 13.7 Å². The van der Waals surface area contributed by atoms with E-state index in [9.17, 15) is 9.90 Å². The maximum absolute atomic E-state index is 12.0. The first kappa shape index (κ1) is 19.4. The fourth-order valence-corrected chi connectivity index (χ4v) is 3.35. The summed E-state index contributed by atoms with van der Waals surface area (Å²) >= 11 is 0. The number of carbonyl (C=O) groups is 1. The van der Waals surface area contributed by atoms with Gasteiger partial charge in [0.25, 0.3) is 0 Å². The molecule has 0 aromatic heterocycles. The first-order valence-corrected chi connectivity index (χ1v) is 9.14. The highest BCUT2D eigenvalue weighted by Gasteiger charge is 2.41. The van der Waals surface area contributed by atoms with Gasteiger partial charge in [-0.05, 0) is 36.1 Å². The highest BCUT2D eigenvalue weighted by Crippen LogP contribution is 2.26. The lowest BCUT2D eigenvalue weighted by Crippen LogP contribution is -2.61. The molecule has 0 aliphatic carbocycles. The molecule has 1 saturated heterocycles. The van der Waals surface area contributed by atoms with Crippen LogP contribution in [-0.2, 0) is 22.7 Å². The number of aliphatic carboxylic acids is 1. The molecule has 2 atom stereocenters. The number of hydrogen-bond acceptors (Lipinski definition) is 5. The Morgan fingerprint density at radius 3 is 2.52 bits per heavy atom. The van der Waals surface area contributed by atoms with Crippen LogP contribution in [0.1, 0.15) is 24.0 Å². The number of carboxylic acid groups (broad SMARTS) is 1. The number of ether oxygens (including phenoxy) is 1. The minimum Gasteiger partial charge on any atom is -0.497 e. The molecule has 1 heterocycles. The van der Waals surface area contributed by atoms with Gasteiger partial charge in [-0.25, -0.2) is 0 Å². The summed E-state index contributed by atoms with van der Waals surface area (Å²) in [5.74, 6) is -0.0541. The van der Waals surface area contributed by atoms with Crippen molar-refractivity contribution in [1.82, 2.24) is 10.8 Å². The van der Waals surface area contributed by atoms with Crippen LogP contribution in [-0.4, -0.2) is 36.3 Å². The molecule has 2 aromatic carbocycles. The minimum absolute atomic E-state index is 0.0806. The van der Waals surface area contributed by atoms with Gasteiger partial charge < -0.3 is 9.84 Å². The minimum atomic E-state index is -0.952. The molecule has 0 saturated carbocycles. The van der Waals surface area contributed by atoms with Crippen LogP contribution >= 0.6 is 0 Å². The van der Waals surface area contributed by atoms with Gasteiger partial charge >= 0.3 is 5.97 Å². The van der Waals surface area contributed by atoms with Gasteiger partial charge in [-0.15, -0.1) is 0 Å². The number of piperidine rings is 1. The molecule has 0 radical (unpaired) electrons. The Labute approximate surface area is 159 Å². The summed E-state index contributed by atoms with van der Waals surface area (Å²) in [7, 11) is 1.61. The van der Waals surface area contributed by atoms with Crippen molar-refractivity contribution in [2.24, 2.45) is 0 Å². The fourth-order valence-electron chi connectivity index (χ4n) is 3.35. The van der Waals surface area contributed by atoms with Crippen LogP contribution in [0, 0.1) is 0 Å². The van der Waals surface area contributed by atoms with Crippen LogP contribution in [0.3, 0.4) is 0 Å². The van der Waals surface area contributed by atoms with Crippen LogP contribution in [0.15, 0.2) is 54.6 Å². The van der Waals surface area contributed by atoms with Gasteiger partial charge in [0.2, 0.25) is 0 Å². The van der Waals surface area contributed by atoms with Crippen LogP contribution in [0.5, 0.6) is 5.75 Å². The first-order valence-electron chi connectivity index (χ1n) is 9.14. The molecule has 2 aromatic rings. The van der Waals surface area contributed by atoms with Crippen molar-refractivity contribution < 1.29 is 19.5 Å². The van der Waals surface area contributed by atoms with E-state index in [2.05, 4.69) is 10.8 Å². The van der Waals surface area contributed by atoms with Crippen molar-refractivity contribution >= 4 is 5.97 Å². The third-order valence-corrected chi connectivity index (χ3v) is 5.01. The van der Waals surface area contributed by atoms with Crippen LogP contribution in [0.2, 0.25) is 0 Å². The fraction of sp³-hybridized carbons (Fsp3) is 0.381. The summed E-state index contributed by atoms with van der Waals surface area (Å²) in [4.78, 5) is 17.6. The third-order valence-electron chi connectivity index (χ3n) is 5.01. The van der Waals surface area contributed by atoms with E-state index in [1.165, 1.54) is 0 Å². The highest BCUT2D eigenvalue weighted by atomic mass is 16.6. The number of benzene rings is 2. The average molecular weight is 370 g/mol. The Kier molecular flexibility index (Phi) is 6.45. The molecule has 3 rings (SSSR count). The molecular weight excluding hydrogens is 344 g/mol. The van der Waals surface area contributed by atoms with Crippen molar-refractivity contribution in [3.63, 3.8) is 0 Å². The predicted octanol–water partition coefficient (Wildman–Crippen LogP) is 2.53. The maximum Gasteiger partial charge on any atom is 0.324 e. The Bertz CT molecular complexity index is 726. The second kappa shape index (κ2) is 8.99. The van der Waals surface area contributed by atoms with Crippen molar-refractivity contribution in [3.05, 3.63) is 65.7 Å². The Morgan fingerprint density at radius 2 is 1.93 bits per heavy atom. The quantitative estimate of drug-likeness (QED) is 0.620. The monoisotopic (exact) mass is 370 g/mol. The molecule has 0 amide bonds. The highest BCUT2D eigenvalue weighted by molar-refractivity contribution is 5.79. The van der Waals surface area contributed by atoms with Crippen LogP contribution in [0.4, 0.5) is 0 Å². The van der Waals surface area contributed by atoms with E-state index in [4.69, 9.17) is 9.57 Å². The van der Waals surface area contributed by atoms with E-state index in [0.29, 0.717) is 26.0 Å². The molecule has 3 N–H and O–H groups in total. The topological polar surface area (TPSA) is 79.8 Å². The summed E-state index contributed by atoms with van der Waals surface area (Å²) in [6, 6.07) is 17.5. The molecule has 1 aliphatic rings. The van der Waals surface area contributed by atoms with E-state index < -0.39 is 11.5 Å². The summed E-state index contributed by atoms with van der Waals surface area (Å²) in [5.41, 5.74) is 4.16. The Balaban J connectivity index is 1.52. The molecule has 0 spiro atoms. The van der Waals surface area contributed by atoms with Gasteiger partial charge in [-0.3, -0.25) is 14.9 Å². The van der Waals surface area contributed by atoms with Gasteiger partial charge in [-0.1, -0.05) is 42.5 Å². The molecule has 1 aliphatic heterocycles. The van der Waals surface area contributed by atoms with Gasteiger partial charge in [0, 0.05) is 19.0 Å². The smallest absolute Gasteiger partial charge is 0.324 e. The lowest BCUT2D eigenvalue weighted by molar-refractivity contribution is -0.146. The molecule has 6 nitrogen and oxygen atoms in total. The molecule has 1 fully saturated rings. The average Bonchev–Trinajstić information content (AvgIpc) is 2.70. The van der Waals surface area contributed by atoms with Gasteiger partial charge in [0.05, 0.1) is 13.7 Å². The normalized spacial score (nSPS) is 22.3. The second-order valence-corrected chi connectivity index (χ2v) is 6.92. The number of rotatable bonds is 8. The summed E-state index contributed by atoms with van der Waals surface area (Å²) < 4.78 is 5.16. The van der Waals surface area contributed by atoms with E-state index in [1.54, 1.807) is 7.11 Å². The molecule has 144 valence electrons. The molecule has 0 bridgehead atoms. The number of nitrogens with one attached hydrogen (secondary N) is 2. The summed E-state index contributed by atoms with van der Waals surface area (Å²) in [6.07, 6.45) is 1.69. The zero-order chi connectivity index (χ0) is 19.1. The molecule has 6 heteroatoms. The molecule has 0 unspecified atom stereocenters. The largest absolute Gasteiger partial charge is 0.497 e. The van der Waals surface area contributed by atoms with E-state index in [1.807, 2.05) is 54.6 Å². The number of carboxylic acids is 1. The number of hydrogen-bond donors (Lipinski definition) is 3. The van der Waals surface area contributed by atoms with Gasteiger partial charge in [0.1, 0.15) is 11.3 Å². The van der Waals surface area contributed by atoms with Gasteiger partial charge in [0.15, 0.2) is 0 Å². The van der Waals surface area contributed by atoms with Crippen molar-refractivity contribution in [2.45, 2.75) is 37.5 Å². The first-order chi connectivity index (χ1) is 13.1. The summed E-state index contributed by atoms with van der Waals surface area (Å²) in [6.45, 7) is 1.02. The molecular formula is C21H26N2O4. The van der Waals surface area contributed by atoms with Crippen molar-refractivity contribution in [3.8, 4) is 5.75 Å². The second-order valence-electron chi connectivity index (χ2n) is 6.92. The maximum atomic E-state index is 12.0. The zero-order valence-corrected chi connectivity index (χ0v) is 15.5. The van der Waals surface area contributed by atoms with E-state index in [0.717, 1.165) is 23.3 Å². The lowest BCUT2D eigenvalue weighted by atomic mass is 9.82. The molecule has 27 heavy (non-hydrogen) atoms. The predicted molar refractivity (Wildman–Crippen MR) is 102 cm³/mol. The van der Waals surface area contributed by atoms with E-state index in [-0.39, 0.29) is 6.04 Å². The zero-order valence-electron chi connectivity index (χ0n) is 15.5. The number of hydroxylamine groups is 1. The third kappa shape index (κ3) is 5.07. The number of methoxy groups -OCH3 is 1. The van der Waals surface area contributed by atoms with E-state index >= 15 is 0 Å². The standard InChI is InChI=1S/C21H26N2O4/c1-26-19-9-7-16(8-10-19)13-21(20(24)25)12-11-18(14-22-21)23-27-15-17-5-3-2-4-6-17/h2-10,18,22-23H,11-15H2,1H3,(H,24,25)/t18-,21+/m1/s1.